The Labute approximate surface area is 136 Å². The second kappa shape index (κ2) is 7.47. The lowest BCUT2D eigenvalue weighted by Gasteiger charge is -2.12. The molecule has 1 aromatic heterocycles. The molecule has 0 fully saturated rings. The first kappa shape index (κ1) is 16.6. The van der Waals surface area contributed by atoms with Crippen molar-refractivity contribution in [2.45, 2.75) is 17.3 Å². The molecule has 2 aromatic rings. The van der Waals surface area contributed by atoms with E-state index in [1.807, 2.05) is 6.07 Å². The normalized spacial score (nSPS) is 11.3. The average molecular weight is 330 g/mol. The number of carbonyl (C=O) groups is 1. The van der Waals surface area contributed by atoms with E-state index in [2.05, 4.69) is 15.3 Å². The van der Waals surface area contributed by atoms with Gasteiger partial charge in [0.25, 0.3) is 5.56 Å². The van der Waals surface area contributed by atoms with Crippen LogP contribution in [0.2, 0.25) is 0 Å². The van der Waals surface area contributed by atoms with Gasteiger partial charge in [0.2, 0.25) is 11.8 Å². The van der Waals surface area contributed by atoms with Crippen LogP contribution in [0.15, 0.2) is 40.3 Å². The van der Waals surface area contributed by atoms with E-state index in [4.69, 9.17) is 10.00 Å². The molecule has 7 nitrogen and oxygen atoms in total. The third-order valence-corrected chi connectivity index (χ3v) is 3.85. The molecular formula is C15H14N4O3S. The second-order valence-corrected chi connectivity index (χ2v) is 5.83. The number of aromatic amines is 1. The Morgan fingerprint density at radius 3 is 2.91 bits per heavy atom. The summed E-state index contributed by atoms with van der Waals surface area (Å²) in [5, 5.41) is 11.5. The lowest BCUT2D eigenvalue weighted by atomic mass is 10.2. The number of ether oxygens (including phenoxy) is 1. The van der Waals surface area contributed by atoms with Crippen molar-refractivity contribution in [1.82, 2.24) is 9.97 Å². The van der Waals surface area contributed by atoms with Gasteiger partial charge in [-0.15, -0.1) is 0 Å². The fourth-order valence-corrected chi connectivity index (χ4v) is 2.52. The Kier molecular flexibility index (Phi) is 5.38. The zero-order valence-electron chi connectivity index (χ0n) is 12.5. The van der Waals surface area contributed by atoms with E-state index in [-0.39, 0.29) is 22.5 Å². The first-order valence-corrected chi connectivity index (χ1v) is 7.53. The Morgan fingerprint density at radius 1 is 1.48 bits per heavy atom. The van der Waals surface area contributed by atoms with Crippen LogP contribution in [-0.4, -0.2) is 28.2 Å². The van der Waals surface area contributed by atoms with Gasteiger partial charge in [-0.3, -0.25) is 9.59 Å². The molecule has 1 amide bonds. The van der Waals surface area contributed by atoms with Crippen LogP contribution >= 0.6 is 11.8 Å². The van der Waals surface area contributed by atoms with Crippen LogP contribution in [0.3, 0.4) is 0 Å². The van der Waals surface area contributed by atoms with Crippen LogP contribution in [0.5, 0.6) is 5.88 Å². The predicted octanol–water partition coefficient (Wildman–Crippen LogP) is 1.77. The molecule has 0 aliphatic rings. The van der Waals surface area contributed by atoms with Gasteiger partial charge in [-0.25, -0.2) is 0 Å². The van der Waals surface area contributed by atoms with Gasteiger partial charge in [-0.1, -0.05) is 23.9 Å². The van der Waals surface area contributed by atoms with E-state index in [0.29, 0.717) is 11.3 Å². The molecular weight excluding hydrogens is 316 g/mol. The van der Waals surface area contributed by atoms with Crippen molar-refractivity contribution < 1.29 is 9.53 Å². The summed E-state index contributed by atoms with van der Waals surface area (Å²) in [5.41, 5.74) is 0.465. The van der Waals surface area contributed by atoms with Crippen LogP contribution in [-0.2, 0) is 4.79 Å². The van der Waals surface area contributed by atoms with E-state index < -0.39 is 5.25 Å². The minimum Gasteiger partial charge on any atom is -0.481 e. The first-order chi connectivity index (χ1) is 11.0. The van der Waals surface area contributed by atoms with Gasteiger partial charge in [-0.2, -0.15) is 10.2 Å². The number of hydrogen-bond donors (Lipinski definition) is 2. The number of thioether (sulfide) groups is 1. The number of benzene rings is 1. The third kappa shape index (κ3) is 4.34. The summed E-state index contributed by atoms with van der Waals surface area (Å²) in [6, 6.07) is 9.96. The number of anilines is 1. The minimum atomic E-state index is -0.531. The number of nitrogens with one attached hydrogen (secondary N) is 2. The zero-order chi connectivity index (χ0) is 16.8. The van der Waals surface area contributed by atoms with Gasteiger partial charge in [0.1, 0.15) is 6.07 Å². The number of para-hydroxylation sites is 1. The second-order valence-electron chi connectivity index (χ2n) is 4.50. The highest BCUT2D eigenvalue weighted by Crippen LogP contribution is 2.22. The Balaban J connectivity index is 2.10. The summed E-state index contributed by atoms with van der Waals surface area (Å²) in [6.07, 6.45) is 0. The number of hydrogen-bond acceptors (Lipinski definition) is 6. The quantitative estimate of drug-likeness (QED) is 0.639. The Bertz CT molecular complexity index is 813. The summed E-state index contributed by atoms with van der Waals surface area (Å²) in [6.45, 7) is 1.68. The van der Waals surface area contributed by atoms with Crippen LogP contribution < -0.4 is 15.6 Å². The summed E-state index contributed by atoms with van der Waals surface area (Å²) < 4.78 is 4.92. The van der Waals surface area contributed by atoms with Gasteiger partial charge in [0.15, 0.2) is 5.16 Å². The predicted molar refractivity (Wildman–Crippen MR) is 86.5 cm³/mol. The topological polar surface area (TPSA) is 108 Å². The molecule has 0 radical (unpaired) electrons. The van der Waals surface area contributed by atoms with Gasteiger partial charge >= 0.3 is 0 Å². The number of rotatable bonds is 5. The molecule has 0 spiro atoms. The number of amides is 1. The maximum Gasteiger partial charge on any atom is 0.255 e. The summed E-state index contributed by atoms with van der Waals surface area (Å²) >= 11 is 1.09. The molecule has 0 unspecified atom stereocenters. The molecule has 0 aliphatic carbocycles. The smallest absolute Gasteiger partial charge is 0.255 e. The third-order valence-electron chi connectivity index (χ3n) is 2.87. The van der Waals surface area contributed by atoms with Crippen molar-refractivity contribution in [3.05, 3.63) is 46.2 Å². The summed E-state index contributed by atoms with van der Waals surface area (Å²) in [7, 11) is 1.41. The molecule has 0 bridgehead atoms. The molecule has 23 heavy (non-hydrogen) atoms. The lowest BCUT2D eigenvalue weighted by Crippen LogP contribution is -2.23. The molecule has 1 aromatic carbocycles. The highest BCUT2D eigenvalue weighted by molar-refractivity contribution is 8.00. The minimum absolute atomic E-state index is 0.179. The standard InChI is InChI=1S/C15H14N4O3S/c1-9(23-15-18-12(20)7-13(19-15)22-2)14(21)17-11-6-4-3-5-10(11)8-16/h3-7,9H,1-2H3,(H,17,21)(H,18,19,20)/t9-/m0/s1. The van der Waals surface area contributed by atoms with Gasteiger partial charge in [0, 0.05) is 0 Å². The van der Waals surface area contributed by atoms with Crippen LogP contribution in [0.25, 0.3) is 0 Å². The van der Waals surface area contributed by atoms with E-state index >= 15 is 0 Å². The molecule has 8 heteroatoms. The van der Waals surface area contributed by atoms with Gasteiger partial charge < -0.3 is 15.0 Å². The van der Waals surface area contributed by atoms with Crippen LogP contribution in [0.4, 0.5) is 5.69 Å². The van der Waals surface area contributed by atoms with Gasteiger partial charge in [0.05, 0.1) is 29.7 Å². The van der Waals surface area contributed by atoms with Crippen molar-refractivity contribution in [1.29, 1.82) is 5.26 Å². The lowest BCUT2D eigenvalue weighted by molar-refractivity contribution is -0.115. The highest BCUT2D eigenvalue weighted by Gasteiger charge is 2.17. The highest BCUT2D eigenvalue weighted by atomic mass is 32.2. The van der Waals surface area contributed by atoms with Gasteiger partial charge in [-0.05, 0) is 19.1 Å². The number of aromatic nitrogens is 2. The molecule has 0 aliphatic heterocycles. The molecule has 0 saturated carbocycles. The van der Waals surface area contributed by atoms with Crippen molar-refractivity contribution >= 4 is 23.4 Å². The number of nitrogens with zero attached hydrogens (tertiary/aromatic N) is 2. The first-order valence-electron chi connectivity index (χ1n) is 6.65. The van der Waals surface area contributed by atoms with Crippen molar-refractivity contribution in [3.8, 4) is 11.9 Å². The van der Waals surface area contributed by atoms with E-state index in [1.54, 1.807) is 31.2 Å². The Hall–Kier alpha value is -2.79. The molecule has 1 atom stereocenters. The zero-order valence-corrected chi connectivity index (χ0v) is 13.3. The molecule has 1 heterocycles. The van der Waals surface area contributed by atoms with Crippen LogP contribution in [0.1, 0.15) is 12.5 Å². The van der Waals surface area contributed by atoms with Crippen molar-refractivity contribution in [2.24, 2.45) is 0 Å². The number of H-pyrrole nitrogens is 1. The summed E-state index contributed by atoms with van der Waals surface area (Å²) in [4.78, 5) is 30.3. The molecule has 2 rings (SSSR count). The monoisotopic (exact) mass is 330 g/mol. The average Bonchev–Trinajstić information content (AvgIpc) is 2.54. The van der Waals surface area contributed by atoms with Crippen molar-refractivity contribution in [3.63, 3.8) is 0 Å². The number of carbonyl (C=O) groups excluding carboxylic acids is 1. The number of nitriles is 1. The maximum absolute atomic E-state index is 12.2. The fourth-order valence-electron chi connectivity index (χ4n) is 1.72. The molecule has 118 valence electrons. The Morgan fingerprint density at radius 2 is 2.22 bits per heavy atom. The van der Waals surface area contributed by atoms with E-state index in [9.17, 15) is 9.59 Å². The van der Waals surface area contributed by atoms with Crippen LogP contribution in [0, 0.1) is 11.3 Å². The largest absolute Gasteiger partial charge is 0.481 e. The number of methoxy groups -OCH3 is 1. The van der Waals surface area contributed by atoms with Crippen molar-refractivity contribution in [2.75, 3.05) is 12.4 Å². The van der Waals surface area contributed by atoms with E-state index in [1.165, 1.54) is 13.2 Å². The fraction of sp³-hybridized carbons (Fsp3) is 0.200. The SMILES string of the molecule is COc1cc(=O)[nH]c(S[C@@H](C)C(=O)Nc2ccccc2C#N)n1. The molecule has 0 saturated heterocycles. The maximum atomic E-state index is 12.2. The van der Waals surface area contributed by atoms with E-state index in [0.717, 1.165) is 11.8 Å². The molecule has 2 N–H and O–H groups in total. The summed E-state index contributed by atoms with van der Waals surface area (Å²) in [5.74, 6) is -0.123.